The molecule has 0 spiro atoms. The predicted octanol–water partition coefficient (Wildman–Crippen LogP) is 2.08. The van der Waals surface area contributed by atoms with Crippen molar-refractivity contribution < 1.29 is 57.4 Å². The van der Waals surface area contributed by atoms with Gasteiger partial charge in [0, 0.05) is 44.3 Å². The zero-order valence-electron chi connectivity index (χ0n) is 45.8. The van der Waals surface area contributed by atoms with Crippen LogP contribution in [0.25, 0.3) is 0 Å². The van der Waals surface area contributed by atoms with Crippen LogP contribution in [0.4, 0.5) is 5.69 Å². The van der Waals surface area contributed by atoms with Gasteiger partial charge in [0.15, 0.2) is 0 Å². The lowest BCUT2D eigenvalue weighted by Gasteiger charge is -2.38. The van der Waals surface area contributed by atoms with E-state index in [9.17, 15) is 47.9 Å². The number of imide groups is 1. The topological polar surface area (TPSA) is 306 Å². The number of aromatic nitrogens is 2. The second kappa shape index (κ2) is 26.4. The molecule has 7 atom stereocenters. The summed E-state index contributed by atoms with van der Waals surface area (Å²) in [5.41, 5.74) is 0.931. The predicted molar refractivity (Wildman–Crippen MR) is 286 cm³/mol. The fraction of sp³-hybridized carbons (Fsp3) is 0.643. The molecule has 1 aromatic carbocycles. The van der Waals surface area contributed by atoms with Crippen LogP contribution >= 0.6 is 0 Å². The standard InChI is InChI=1S/C56H77N11O12/c1-5-11-38(46(69)53(75)61-35-18-19-35)62-52(74)45-36-16-9-14-33(36)30-67(45)55(77)47(56(2,3)4)65-51(73)44(32-12-7-6-8-13-32)64-49(71)40-29-59-39(28-60-40)48(70)58-23-25-79-27-26-78-24-22-57-37-17-10-15-34-31-66(54(76)43(34)37)41-20-21-42(68)63-50(41)72/h10,15,17,28-29,32-33,35-36,38,41,44-45,47,57H,5-9,11-14,16,18-27,30-31H2,1-4H3,(H,58,70)(H,61,75)(H,62,74)(H,64,71)(H,65,73)(H,63,68,72)/t33-,36?,38-,41?,44-,45-,47+/m0/s1. The van der Waals surface area contributed by atoms with Gasteiger partial charge in [-0.3, -0.25) is 53.3 Å². The minimum absolute atomic E-state index is 0.0270. The summed E-state index contributed by atoms with van der Waals surface area (Å²) < 4.78 is 11.3. The summed E-state index contributed by atoms with van der Waals surface area (Å²) in [5, 5.41) is 19.7. The molecule has 0 bridgehead atoms. The van der Waals surface area contributed by atoms with Crippen LogP contribution in [0.1, 0.15) is 154 Å². The van der Waals surface area contributed by atoms with Gasteiger partial charge in [0.25, 0.3) is 23.6 Å². The number of Topliss-reactive ketones (excluding diaryl/α,β-unsaturated/α-hetero) is 1. The largest absolute Gasteiger partial charge is 0.382 e. The number of ether oxygens (including phenoxy) is 2. The van der Waals surface area contributed by atoms with Crippen LogP contribution in [0.2, 0.25) is 0 Å². The lowest BCUT2D eigenvalue weighted by molar-refractivity contribution is -0.146. The number of fused-ring (bicyclic) bond motifs is 2. The lowest BCUT2D eigenvalue weighted by Crippen LogP contribution is -2.62. The molecule has 8 rings (SSSR count). The first-order valence-corrected chi connectivity index (χ1v) is 28.3. The van der Waals surface area contributed by atoms with E-state index >= 15 is 0 Å². The van der Waals surface area contributed by atoms with E-state index in [0.717, 1.165) is 63.1 Å². The lowest BCUT2D eigenvalue weighted by atomic mass is 9.82. The van der Waals surface area contributed by atoms with Gasteiger partial charge in [0.2, 0.25) is 35.3 Å². The molecule has 3 aliphatic heterocycles. The average molecular weight is 1100 g/mol. The van der Waals surface area contributed by atoms with E-state index in [1.807, 2.05) is 39.8 Å². The van der Waals surface area contributed by atoms with Crippen molar-refractivity contribution in [3.8, 4) is 0 Å². The summed E-state index contributed by atoms with van der Waals surface area (Å²) in [6.07, 6.45) is 11.7. The highest BCUT2D eigenvalue weighted by Crippen LogP contribution is 2.43. The van der Waals surface area contributed by atoms with E-state index in [1.165, 1.54) is 11.1 Å². The Balaban J connectivity index is 0.792. The summed E-state index contributed by atoms with van der Waals surface area (Å²) in [6.45, 7) is 9.50. The van der Waals surface area contributed by atoms with Gasteiger partial charge in [-0.25, -0.2) is 9.97 Å². The van der Waals surface area contributed by atoms with Gasteiger partial charge in [-0.05, 0) is 86.2 Å². The molecule has 7 N–H and O–H groups in total. The second-order valence-electron chi connectivity index (χ2n) is 22.8. The molecular formula is C56H77N11O12. The van der Waals surface area contributed by atoms with Gasteiger partial charge in [0.1, 0.15) is 35.6 Å². The monoisotopic (exact) mass is 1100 g/mol. The second-order valence-corrected chi connectivity index (χ2v) is 22.8. The summed E-state index contributed by atoms with van der Waals surface area (Å²) in [7, 11) is 0. The van der Waals surface area contributed by atoms with Crippen LogP contribution in [0.15, 0.2) is 30.6 Å². The third kappa shape index (κ3) is 14.5. The quantitative estimate of drug-likeness (QED) is 0.0426. The van der Waals surface area contributed by atoms with Crippen LogP contribution in [-0.2, 0) is 49.6 Å². The fourth-order valence-corrected chi connectivity index (χ4v) is 11.7. The molecule has 0 radical (unpaired) electrons. The molecule has 1 aromatic heterocycles. The molecule has 6 aliphatic rings. The van der Waals surface area contributed by atoms with Gasteiger partial charge in [0.05, 0.1) is 50.4 Å². The van der Waals surface area contributed by atoms with Crippen molar-refractivity contribution in [2.75, 3.05) is 51.4 Å². The van der Waals surface area contributed by atoms with E-state index in [0.29, 0.717) is 50.2 Å². The molecule has 2 saturated heterocycles. The Kier molecular flexibility index (Phi) is 19.5. The van der Waals surface area contributed by atoms with Crippen molar-refractivity contribution in [2.45, 2.75) is 160 Å². The smallest absolute Gasteiger partial charge is 0.289 e. The number of benzene rings is 1. The number of anilines is 1. The van der Waals surface area contributed by atoms with Gasteiger partial charge in [-0.2, -0.15) is 0 Å². The highest BCUT2D eigenvalue weighted by atomic mass is 16.5. The number of piperidine rings is 1. The highest BCUT2D eigenvalue weighted by Gasteiger charge is 2.53. The number of carbonyl (C=O) groups excluding carboxylic acids is 10. The molecular weight excluding hydrogens is 1020 g/mol. The average Bonchev–Trinajstić information content (AvgIpc) is 4.09. The van der Waals surface area contributed by atoms with Crippen molar-refractivity contribution >= 4 is 64.6 Å². The van der Waals surface area contributed by atoms with Crippen LogP contribution in [0.5, 0.6) is 0 Å². The minimum atomic E-state index is -1.10. The van der Waals surface area contributed by atoms with Crippen LogP contribution in [-0.4, -0.2) is 161 Å². The normalized spacial score (nSPS) is 22.2. The van der Waals surface area contributed by atoms with E-state index in [4.69, 9.17) is 9.47 Å². The maximum atomic E-state index is 14.9. The summed E-state index contributed by atoms with van der Waals surface area (Å²) >= 11 is 0. The van der Waals surface area contributed by atoms with Crippen LogP contribution in [0, 0.1) is 23.2 Å². The molecule has 428 valence electrons. The van der Waals surface area contributed by atoms with Crippen LogP contribution < -0.4 is 37.2 Å². The SMILES string of the molecule is CCC[C@H](NC(=O)[C@@H]1C2CCC[C@H]2CN1C(=O)[C@@H](NC(=O)[C@@H](NC(=O)c1cnc(C(=O)NCCOCCOCCNc2cccc3c2C(=O)N(C2CCC(=O)NC2=O)C3)cn1)C1CCCCC1)C(C)(C)C)C(=O)C(=O)NC1CC1. The van der Waals surface area contributed by atoms with Crippen LogP contribution in [0.3, 0.4) is 0 Å². The Labute approximate surface area is 460 Å². The summed E-state index contributed by atoms with van der Waals surface area (Å²) in [5.74, 6) is -5.53. The Morgan fingerprint density at radius 3 is 2.18 bits per heavy atom. The third-order valence-corrected chi connectivity index (χ3v) is 16.0. The molecule has 2 unspecified atom stereocenters. The number of hydrogen-bond donors (Lipinski definition) is 7. The van der Waals surface area contributed by atoms with Crippen molar-refractivity contribution in [2.24, 2.45) is 23.2 Å². The number of amides is 9. The first-order chi connectivity index (χ1) is 37.9. The molecule has 5 fully saturated rings. The Morgan fingerprint density at radius 2 is 1.51 bits per heavy atom. The van der Waals surface area contributed by atoms with Crippen molar-refractivity contribution in [3.05, 3.63) is 53.1 Å². The Bertz CT molecular complexity index is 2620. The molecule has 23 heteroatoms. The van der Waals surface area contributed by atoms with E-state index in [1.54, 1.807) is 11.0 Å². The number of ketones is 1. The minimum Gasteiger partial charge on any atom is -0.382 e. The number of carbonyl (C=O) groups is 10. The van der Waals surface area contributed by atoms with Gasteiger partial charge in [-0.1, -0.05) is 71.9 Å². The summed E-state index contributed by atoms with van der Waals surface area (Å²) in [4.78, 5) is 145. The van der Waals surface area contributed by atoms with Gasteiger partial charge in [-0.15, -0.1) is 0 Å². The first kappa shape index (κ1) is 58.3. The molecule has 3 saturated carbocycles. The molecule has 23 nitrogen and oxygen atoms in total. The van der Waals surface area contributed by atoms with Gasteiger partial charge >= 0.3 is 0 Å². The van der Waals surface area contributed by atoms with E-state index < -0.39 is 82.8 Å². The van der Waals surface area contributed by atoms with Crippen molar-refractivity contribution in [3.63, 3.8) is 0 Å². The molecule has 2 aromatic rings. The van der Waals surface area contributed by atoms with Gasteiger partial charge < -0.3 is 51.2 Å². The maximum Gasteiger partial charge on any atom is 0.289 e. The number of nitrogens with zero attached hydrogens (tertiary/aromatic N) is 4. The molecule has 4 heterocycles. The van der Waals surface area contributed by atoms with E-state index in [-0.39, 0.29) is 99.2 Å². The number of likely N-dealkylation sites (tertiary alicyclic amines) is 1. The first-order valence-electron chi connectivity index (χ1n) is 28.3. The Morgan fingerprint density at radius 1 is 0.797 bits per heavy atom. The highest BCUT2D eigenvalue weighted by molar-refractivity contribution is 6.38. The number of nitrogens with one attached hydrogen (secondary N) is 7. The zero-order chi connectivity index (χ0) is 56.4. The van der Waals surface area contributed by atoms with Crippen molar-refractivity contribution in [1.29, 1.82) is 0 Å². The molecule has 79 heavy (non-hydrogen) atoms. The van der Waals surface area contributed by atoms with E-state index in [2.05, 4.69) is 47.2 Å². The molecule has 3 aliphatic carbocycles. The Hall–Kier alpha value is -6.88. The summed E-state index contributed by atoms with van der Waals surface area (Å²) in [6, 6.07) is 0.671. The number of rotatable bonds is 25. The number of hydrogen-bond acceptors (Lipinski definition) is 15. The molecule has 9 amide bonds. The maximum absolute atomic E-state index is 14.9. The fourth-order valence-electron chi connectivity index (χ4n) is 11.7. The van der Waals surface area contributed by atoms with Crippen molar-refractivity contribution in [1.82, 2.24) is 51.7 Å². The third-order valence-electron chi connectivity index (χ3n) is 16.0. The zero-order valence-corrected chi connectivity index (χ0v) is 45.8.